The fourth-order valence-corrected chi connectivity index (χ4v) is 3.85. The molecule has 0 amide bonds. The van der Waals surface area contributed by atoms with E-state index in [2.05, 4.69) is 31.2 Å². The highest BCUT2D eigenvalue weighted by Gasteiger charge is 2.17. The van der Waals surface area contributed by atoms with Crippen LogP contribution in [0.15, 0.2) is 24.9 Å². The lowest BCUT2D eigenvalue weighted by Crippen LogP contribution is -2.22. The molecule has 0 atom stereocenters. The first-order valence-electron chi connectivity index (χ1n) is 8.38. The van der Waals surface area contributed by atoms with Gasteiger partial charge in [-0.25, -0.2) is 9.78 Å². The van der Waals surface area contributed by atoms with Gasteiger partial charge < -0.3 is 9.47 Å². The maximum Gasteiger partial charge on any atom is 0.348 e. The smallest absolute Gasteiger partial charge is 0.348 e. The van der Waals surface area contributed by atoms with Gasteiger partial charge in [0.1, 0.15) is 11.6 Å². The van der Waals surface area contributed by atoms with Gasteiger partial charge in [-0.15, -0.1) is 11.3 Å². The van der Waals surface area contributed by atoms with E-state index in [9.17, 15) is 4.79 Å². The largest absolute Gasteiger partial charge is 0.462 e. The Morgan fingerprint density at radius 2 is 2.16 bits per heavy atom. The van der Waals surface area contributed by atoms with E-state index in [1.807, 2.05) is 10.6 Å². The number of esters is 1. The van der Waals surface area contributed by atoms with E-state index in [0.717, 1.165) is 29.0 Å². The molecule has 0 saturated carbocycles. The molecule has 5 nitrogen and oxygen atoms in total. The molecule has 2 rings (SSSR count). The van der Waals surface area contributed by atoms with Gasteiger partial charge in [0.15, 0.2) is 5.82 Å². The predicted molar refractivity (Wildman–Crippen MR) is 106 cm³/mol. The number of rotatable bonds is 9. The maximum absolute atomic E-state index is 11.9. The van der Waals surface area contributed by atoms with Crippen molar-refractivity contribution in [3.63, 3.8) is 0 Å². The third-order valence-electron chi connectivity index (χ3n) is 3.62. The quantitative estimate of drug-likeness (QED) is 0.359. The van der Waals surface area contributed by atoms with Gasteiger partial charge in [0.05, 0.1) is 23.4 Å². The van der Waals surface area contributed by atoms with Crippen LogP contribution in [0.25, 0.3) is 16.8 Å². The average Bonchev–Trinajstić information content (AvgIpc) is 3.17. The van der Waals surface area contributed by atoms with Gasteiger partial charge in [0.25, 0.3) is 0 Å². The summed E-state index contributed by atoms with van der Waals surface area (Å²) in [7, 11) is -1.12. The number of carbonyl (C=O) groups is 1. The maximum atomic E-state index is 11.9. The molecule has 0 aromatic carbocycles. The molecule has 25 heavy (non-hydrogen) atoms. The molecule has 0 aliphatic carbocycles. The van der Waals surface area contributed by atoms with Crippen molar-refractivity contribution in [1.29, 1.82) is 0 Å². The molecule has 0 bridgehead atoms. The van der Waals surface area contributed by atoms with Crippen molar-refractivity contribution in [1.82, 2.24) is 9.55 Å². The van der Waals surface area contributed by atoms with Crippen LogP contribution in [0.4, 0.5) is 0 Å². The zero-order valence-electron chi connectivity index (χ0n) is 15.4. The van der Waals surface area contributed by atoms with E-state index < -0.39 is 8.07 Å². The van der Waals surface area contributed by atoms with Crippen LogP contribution in [0.1, 0.15) is 22.3 Å². The highest BCUT2D eigenvalue weighted by Crippen LogP contribution is 2.29. The molecule has 0 saturated heterocycles. The van der Waals surface area contributed by atoms with E-state index >= 15 is 0 Å². The highest BCUT2D eigenvalue weighted by molar-refractivity contribution is 7.17. The van der Waals surface area contributed by atoms with E-state index in [-0.39, 0.29) is 5.97 Å². The summed E-state index contributed by atoms with van der Waals surface area (Å²) < 4.78 is 12.9. The molecule has 0 N–H and O–H groups in total. The first kappa shape index (κ1) is 19.6. The van der Waals surface area contributed by atoms with Gasteiger partial charge >= 0.3 is 5.97 Å². The van der Waals surface area contributed by atoms with Crippen LogP contribution < -0.4 is 0 Å². The van der Waals surface area contributed by atoms with Gasteiger partial charge in [0.2, 0.25) is 0 Å². The van der Waals surface area contributed by atoms with Gasteiger partial charge in [-0.05, 0) is 31.2 Å². The number of ether oxygens (including phenoxy) is 2. The molecule has 2 heterocycles. The topological polar surface area (TPSA) is 53.3 Å². The number of thiophene rings is 1. The zero-order chi connectivity index (χ0) is 18.4. The lowest BCUT2D eigenvalue weighted by molar-refractivity contribution is 0.0532. The SMILES string of the molecule is C=Cc1cnc(-c2ccc(C(=O)OCC)s2)n1COCC[Si](C)(C)C. The first-order chi connectivity index (χ1) is 11.9. The Bertz CT molecular complexity index is 731. The summed E-state index contributed by atoms with van der Waals surface area (Å²) in [6.07, 6.45) is 3.53. The minimum Gasteiger partial charge on any atom is -0.462 e. The van der Waals surface area contributed by atoms with Crippen molar-refractivity contribution in [2.45, 2.75) is 39.3 Å². The molecule has 0 aliphatic heterocycles. The van der Waals surface area contributed by atoms with Crippen LogP contribution in [-0.2, 0) is 16.2 Å². The summed E-state index contributed by atoms with van der Waals surface area (Å²) in [5, 5.41) is 0. The molecule has 0 unspecified atom stereocenters. The third-order valence-corrected chi connectivity index (χ3v) is 6.38. The molecular formula is C18H26N2O3SSi. The lowest BCUT2D eigenvalue weighted by Gasteiger charge is -2.16. The van der Waals surface area contributed by atoms with Crippen LogP contribution in [0.2, 0.25) is 25.7 Å². The predicted octanol–water partition coefficient (Wildman–Crippen LogP) is 4.74. The molecule has 0 fully saturated rings. The normalized spacial score (nSPS) is 11.5. The molecule has 2 aromatic rings. The van der Waals surface area contributed by atoms with E-state index in [1.54, 1.807) is 25.3 Å². The van der Waals surface area contributed by atoms with Gasteiger partial charge in [-0.1, -0.05) is 26.2 Å². The standard InChI is InChI=1S/C18H26N2O3SSi/c1-6-14-12-19-17(20(14)13-22-10-11-25(3,4)5)15-8-9-16(24-15)18(21)23-7-2/h6,8-9,12H,1,7,10-11,13H2,2-5H3. The Morgan fingerprint density at radius 3 is 2.80 bits per heavy atom. The van der Waals surface area contributed by atoms with Crippen molar-refractivity contribution in [2.24, 2.45) is 0 Å². The second-order valence-electron chi connectivity index (χ2n) is 6.87. The summed E-state index contributed by atoms with van der Waals surface area (Å²) in [5.74, 6) is 0.482. The second-order valence-corrected chi connectivity index (χ2v) is 13.6. The van der Waals surface area contributed by atoms with Gasteiger partial charge in [-0.2, -0.15) is 0 Å². The lowest BCUT2D eigenvalue weighted by atomic mass is 10.4. The number of hydrogen-bond donors (Lipinski definition) is 0. The molecular weight excluding hydrogens is 352 g/mol. The fourth-order valence-electron chi connectivity index (χ4n) is 2.19. The van der Waals surface area contributed by atoms with E-state index in [1.165, 1.54) is 11.3 Å². The number of carbonyl (C=O) groups excluding carboxylic acids is 1. The van der Waals surface area contributed by atoms with Crippen LogP contribution >= 0.6 is 11.3 Å². The van der Waals surface area contributed by atoms with Gasteiger partial charge in [0, 0.05) is 14.7 Å². The summed E-state index contributed by atoms with van der Waals surface area (Å²) in [6, 6.07) is 4.79. The number of imidazole rings is 1. The van der Waals surface area contributed by atoms with Gasteiger partial charge in [-0.3, -0.25) is 4.57 Å². The summed E-state index contributed by atoms with van der Waals surface area (Å²) >= 11 is 1.37. The Kier molecular flexibility index (Phi) is 6.75. The Labute approximate surface area is 154 Å². The molecule has 2 aromatic heterocycles. The van der Waals surface area contributed by atoms with E-state index in [4.69, 9.17) is 9.47 Å². The number of aromatic nitrogens is 2. The Balaban J connectivity index is 2.15. The van der Waals surface area contributed by atoms with Crippen LogP contribution in [0.3, 0.4) is 0 Å². The molecule has 7 heteroatoms. The molecule has 136 valence electrons. The molecule has 0 aliphatic rings. The summed E-state index contributed by atoms with van der Waals surface area (Å²) in [5.41, 5.74) is 0.897. The Hall–Kier alpha value is -1.70. The minimum atomic E-state index is -1.12. The highest BCUT2D eigenvalue weighted by atomic mass is 32.1. The van der Waals surface area contributed by atoms with E-state index in [0.29, 0.717) is 18.2 Å². The minimum absolute atomic E-state index is 0.299. The van der Waals surface area contributed by atoms with Crippen molar-refractivity contribution < 1.29 is 14.3 Å². The monoisotopic (exact) mass is 378 g/mol. The number of nitrogens with zero attached hydrogens (tertiary/aromatic N) is 2. The fraction of sp³-hybridized carbons (Fsp3) is 0.444. The second kappa shape index (κ2) is 8.60. The Morgan fingerprint density at radius 1 is 1.40 bits per heavy atom. The van der Waals surface area contributed by atoms with Crippen molar-refractivity contribution >= 4 is 31.5 Å². The summed E-state index contributed by atoms with van der Waals surface area (Å²) in [4.78, 5) is 17.8. The van der Waals surface area contributed by atoms with Crippen LogP contribution in [0.5, 0.6) is 0 Å². The molecule has 0 spiro atoms. The molecule has 0 radical (unpaired) electrons. The van der Waals surface area contributed by atoms with Crippen molar-refractivity contribution in [2.75, 3.05) is 13.2 Å². The van der Waals surface area contributed by atoms with Crippen molar-refractivity contribution in [3.05, 3.63) is 35.5 Å². The van der Waals surface area contributed by atoms with Crippen molar-refractivity contribution in [3.8, 4) is 10.7 Å². The first-order valence-corrected chi connectivity index (χ1v) is 12.9. The van der Waals surface area contributed by atoms with Crippen LogP contribution in [-0.4, -0.2) is 36.8 Å². The summed E-state index contributed by atoms with van der Waals surface area (Å²) in [6.45, 7) is 14.2. The third kappa shape index (κ3) is 5.39. The average molecular weight is 379 g/mol. The van der Waals surface area contributed by atoms with Crippen LogP contribution in [0, 0.1) is 0 Å². The number of hydrogen-bond acceptors (Lipinski definition) is 5. The zero-order valence-corrected chi connectivity index (χ0v) is 17.2.